The minimum absolute atomic E-state index is 0.00954. The van der Waals surface area contributed by atoms with Crippen LogP contribution in [0.4, 0.5) is 5.13 Å². The molecule has 1 aromatic rings. The van der Waals surface area contributed by atoms with E-state index in [1.807, 2.05) is 18.7 Å². The van der Waals surface area contributed by atoms with Gasteiger partial charge in [-0.1, -0.05) is 32.1 Å². The van der Waals surface area contributed by atoms with Crippen molar-refractivity contribution in [2.24, 2.45) is 11.8 Å². The number of nitrogen functional groups attached to an aromatic ring is 1. The highest BCUT2D eigenvalue weighted by molar-refractivity contribution is 7.17. The molecule has 0 unspecified atom stereocenters. The van der Waals surface area contributed by atoms with Gasteiger partial charge in [-0.2, -0.15) is 0 Å². The van der Waals surface area contributed by atoms with Crippen LogP contribution in [0.2, 0.25) is 0 Å². The third kappa shape index (κ3) is 3.60. The van der Waals surface area contributed by atoms with Crippen molar-refractivity contribution in [3.8, 4) is 0 Å². The zero-order valence-electron chi connectivity index (χ0n) is 13.9. The average molecular weight is 325 g/mol. The Labute approximate surface area is 136 Å². The maximum absolute atomic E-state index is 12.8. The van der Waals surface area contributed by atoms with E-state index in [1.165, 1.54) is 11.3 Å². The van der Waals surface area contributed by atoms with Crippen LogP contribution in [0.15, 0.2) is 0 Å². The van der Waals surface area contributed by atoms with Gasteiger partial charge in [-0.25, -0.2) is 4.98 Å². The lowest BCUT2D eigenvalue weighted by Gasteiger charge is -2.43. The molecule has 6 heteroatoms. The van der Waals surface area contributed by atoms with Crippen LogP contribution < -0.4 is 5.73 Å². The van der Waals surface area contributed by atoms with Crippen LogP contribution in [0.5, 0.6) is 0 Å². The number of amides is 1. The summed E-state index contributed by atoms with van der Waals surface area (Å²) in [6.45, 7) is 9.36. The van der Waals surface area contributed by atoms with Crippen molar-refractivity contribution in [3.05, 3.63) is 10.6 Å². The van der Waals surface area contributed by atoms with Crippen LogP contribution in [-0.2, 0) is 6.42 Å². The summed E-state index contributed by atoms with van der Waals surface area (Å²) in [5, 5.41) is 11.0. The van der Waals surface area contributed by atoms with Crippen molar-refractivity contribution in [1.82, 2.24) is 9.88 Å². The number of nitrogens with zero attached hydrogens (tertiary/aromatic N) is 2. The molecule has 1 amide bonds. The molecule has 0 bridgehead atoms. The predicted octanol–water partition coefficient (Wildman–Crippen LogP) is 2.55. The number of hydrogen-bond acceptors (Lipinski definition) is 5. The Bertz CT molecular complexity index is 539. The van der Waals surface area contributed by atoms with Crippen molar-refractivity contribution in [2.75, 3.05) is 18.8 Å². The number of rotatable bonds is 4. The normalized spacial score (nSPS) is 25.7. The van der Waals surface area contributed by atoms with Crippen molar-refractivity contribution in [2.45, 2.75) is 52.6 Å². The van der Waals surface area contributed by atoms with Gasteiger partial charge in [-0.3, -0.25) is 4.79 Å². The number of likely N-dealkylation sites (tertiary alicyclic amines) is 1. The highest BCUT2D eigenvalue weighted by Gasteiger charge is 2.39. The largest absolute Gasteiger partial charge is 0.390 e. The van der Waals surface area contributed by atoms with Gasteiger partial charge in [0.2, 0.25) is 0 Å². The number of carbonyl (C=O) groups excluding carboxylic acids is 1. The first kappa shape index (κ1) is 17.2. The summed E-state index contributed by atoms with van der Waals surface area (Å²) in [6.07, 6.45) is 2.24. The van der Waals surface area contributed by atoms with Crippen LogP contribution in [0.1, 0.15) is 55.9 Å². The third-order valence-corrected chi connectivity index (χ3v) is 5.41. The van der Waals surface area contributed by atoms with Crippen molar-refractivity contribution < 1.29 is 9.90 Å². The fraction of sp³-hybridized carbons (Fsp3) is 0.750. The van der Waals surface area contributed by atoms with E-state index in [9.17, 15) is 9.90 Å². The Morgan fingerprint density at radius 2 is 2.27 bits per heavy atom. The van der Waals surface area contributed by atoms with Crippen LogP contribution in [0, 0.1) is 11.8 Å². The first-order valence-electron chi connectivity index (χ1n) is 8.01. The van der Waals surface area contributed by atoms with E-state index in [0.717, 1.165) is 12.1 Å². The fourth-order valence-corrected chi connectivity index (χ4v) is 4.01. The molecule has 22 heavy (non-hydrogen) atoms. The van der Waals surface area contributed by atoms with Crippen LogP contribution >= 0.6 is 11.3 Å². The van der Waals surface area contributed by atoms with Gasteiger partial charge in [0.25, 0.3) is 5.91 Å². The summed E-state index contributed by atoms with van der Waals surface area (Å²) in [4.78, 5) is 19.6. The summed E-state index contributed by atoms with van der Waals surface area (Å²) in [6, 6.07) is 0. The highest BCUT2D eigenvalue weighted by Crippen LogP contribution is 2.34. The predicted molar refractivity (Wildman–Crippen MR) is 90.0 cm³/mol. The van der Waals surface area contributed by atoms with E-state index >= 15 is 0 Å². The Kier molecular flexibility index (Phi) is 5.12. The summed E-state index contributed by atoms with van der Waals surface area (Å²) in [5.41, 5.74) is 5.84. The second-order valence-corrected chi connectivity index (χ2v) is 7.90. The Balaban J connectivity index is 2.17. The molecule has 0 spiro atoms. The molecule has 0 saturated carbocycles. The molecule has 5 nitrogen and oxygen atoms in total. The first-order chi connectivity index (χ1) is 10.2. The van der Waals surface area contributed by atoms with Gasteiger partial charge >= 0.3 is 0 Å². The molecule has 0 aromatic carbocycles. The molecule has 1 saturated heterocycles. The molecular weight excluding hydrogens is 298 g/mol. The van der Waals surface area contributed by atoms with Gasteiger partial charge in [0, 0.05) is 19.0 Å². The second kappa shape index (κ2) is 6.54. The van der Waals surface area contributed by atoms with E-state index in [4.69, 9.17) is 5.73 Å². The first-order valence-corrected chi connectivity index (χ1v) is 8.83. The summed E-state index contributed by atoms with van der Waals surface area (Å²) < 4.78 is 0. The maximum atomic E-state index is 12.8. The van der Waals surface area contributed by atoms with Crippen molar-refractivity contribution in [1.29, 1.82) is 0 Å². The minimum Gasteiger partial charge on any atom is -0.390 e. The van der Waals surface area contributed by atoms with Gasteiger partial charge in [-0.15, -0.1) is 0 Å². The van der Waals surface area contributed by atoms with Gasteiger partial charge in [0.15, 0.2) is 5.13 Å². The Morgan fingerprint density at radius 3 is 2.86 bits per heavy atom. The molecule has 1 aliphatic heterocycles. The second-order valence-electron chi connectivity index (χ2n) is 6.87. The lowest BCUT2D eigenvalue weighted by atomic mass is 9.78. The quantitative estimate of drug-likeness (QED) is 0.891. The summed E-state index contributed by atoms with van der Waals surface area (Å²) in [5.74, 6) is 0.618. The lowest BCUT2D eigenvalue weighted by Crippen LogP contribution is -2.52. The number of anilines is 1. The number of piperidine rings is 1. The number of carbonyl (C=O) groups is 1. The van der Waals surface area contributed by atoms with E-state index in [-0.39, 0.29) is 11.8 Å². The monoisotopic (exact) mass is 325 g/mol. The van der Waals surface area contributed by atoms with Crippen LogP contribution in [0.3, 0.4) is 0 Å². The molecule has 2 atom stereocenters. The SMILES string of the molecule is CCc1nc(N)sc1C(=O)N1CC[C@](C)(O)[C@H](CC(C)C)C1. The molecule has 1 aromatic heterocycles. The number of nitrogens with two attached hydrogens (primary N) is 1. The topological polar surface area (TPSA) is 79.5 Å². The van der Waals surface area contributed by atoms with Gasteiger partial charge < -0.3 is 15.7 Å². The molecule has 0 aliphatic carbocycles. The molecule has 0 radical (unpaired) electrons. The smallest absolute Gasteiger partial charge is 0.265 e. The molecular formula is C16H27N3O2S. The zero-order valence-corrected chi connectivity index (χ0v) is 14.7. The maximum Gasteiger partial charge on any atom is 0.265 e. The van der Waals surface area contributed by atoms with Gasteiger partial charge in [0.05, 0.1) is 11.3 Å². The number of aryl methyl sites for hydroxylation is 1. The van der Waals surface area contributed by atoms with E-state index in [1.54, 1.807) is 0 Å². The summed E-state index contributed by atoms with van der Waals surface area (Å²) in [7, 11) is 0. The van der Waals surface area contributed by atoms with Crippen LogP contribution in [-0.4, -0.2) is 39.6 Å². The molecule has 1 aliphatic rings. The molecule has 2 heterocycles. The molecule has 3 N–H and O–H groups in total. The van der Waals surface area contributed by atoms with E-state index in [0.29, 0.717) is 41.9 Å². The highest BCUT2D eigenvalue weighted by atomic mass is 32.1. The van der Waals surface area contributed by atoms with E-state index < -0.39 is 5.60 Å². The Morgan fingerprint density at radius 1 is 1.59 bits per heavy atom. The lowest BCUT2D eigenvalue weighted by molar-refractivity contribution is -0.0576. The zero-order chi connectivity index (χ0) is 16.5. The van der Waals surface area contributed by atoms with Gasteiger partial charge in [0.1, 0.15) is 4.88 Å². The number of aromatic nitrogens is 1. The standard InChI is InChI=1S/C16H27N3O2S/c1-5-12-13(22-15(17)18-12)14(20)19-7-6-16(4,21)11(9-19)8-10(2)3/h10-11,21H,5-9H2,1-4H3,(H2,17,18)/t11-,16+/m1/s1. The fourth-order valence-electron chi connectivity index (χ4n) is 3.12. The minimum atomic E-state index is -0.693. The Hall–Kier alpha value is -1.14. The van der Waals surface area contributed by atoms with Crippen molar-refractivity contribution >= 4 is 22.4 Å². The number of thiazole rings is 1. The van der Waals surface area contributed by atoms with Crippen LogP contribution in [0.25, 0.3) is 0 Å². The average Bonchev–Trinajstić information content (AvgIpc) is 2.81. The number of hydrogen-bond donors (Lipinski definition) is 2. The molecule has 124 valence electrons. The number of aliphatic hydroxyl groups is 1. The molecule has 2 rings (SSSR count). The summed E-state index contributed by atoms with van der Waals surface area (Å²) >= 11 is 1.27. The third-order valence-electron chi connectivity index (χ3n) is 4.49. The van der Waals surface area contributed by atoms with Crippen molar-refractivity contribution in [3.63, 3.8) is 0 Å². The van der Waals surface area contributed by atoms with Gasteiger partial charge in [-0.05, 0) is 32.1 Å². The van der Waals surface area contributed by atoms with E-state index in [2.05, 4.69) is 18.8 Å². The molecule has 1 fully saturated rings.